The maximum atomic E-state index is 6.33. The summed E-state index contributed by atoms with van der Waals surface area (Å²) in [4.78, 5) is 2.07. The Labute approximate surface area is 139 Å². The van der Waals surface area contributed by atoms with Gasteiger partial charge in [0, 0.05) is 16.6 Å². The minimum absolute atomic E-state index is 0.432. The molecule has 7 heteroatoms. The zero-order chi connectivity index (χ0) is 15.6. The predicted octanol–water partition coefficient (Wildman–Crippen LogP) is 3.45. The third kappa shape index (κ3) is 4.11. The van der Waals surface area contributed by atoms with E-state index in [1.54, 1.807) is 24.4 Å². The van der Waals surface area contributed by atoms with Crippen LogP contribution < -0.4 is 5.73 Å². The van der Waals surface area contributed by atoms with Gasteiger partial charge in [-0.3, -0.25) is 4.68 Å². The molecule has 0 spiro atoms. The molecule has 0 saturated carbocycles. The number of rotatable bonds is 5. The Morgan fingerprint density at radius 2 is 1.81 bits per heavy atom. The summed E-state index contributed by atoms with van der Waals surface area (Å²) in [6.45, 7) is 1.55. The van der Waals surface area contributed by atoms with E-state index >= 15 is 0 Å². The number of hydrogen-bond acceptors (Lipinski definition) is 3. The molecule has 0 aliphatic carbocycles. The highest BCUT2D eigenvalue weighted by atomic mass is 35.5. The largest absolute Gasteiger partial charge is 0.319 e. The molecular formula is C14H17Cl3N4. The van der Waals surface area contributed by atoms with Crippen molar-refractivity contribution in [3.8, 4) is 0 Å². The van der Waals surface area contributed by atoms with Crippen molar-refractivity contribution in [2.75, 3.05) is 20.6 Å². The normalized spacial score (nSPS) is 12.9. The van der Waals surface area contributed by atoms with Crippen molar-refractivity contribution in [1.29, 1.82) is 0 Å². The van der Waals surface area contributed by atoms with E-state index in [2.05, 4.69) is 10.00 Å². The molecule has 2 N–H and O–H groups in total. The molecule has 0 fully saturated rings. The van der Waals surface area contributed by atoms with Gasteiger partial charge in [-0.2, -0.15) is 5.10 Å². The molecule has 114 valence electrons. The fraction of sp³-hybridized carbons (Fsp3) is 0.357. The van der Waals surface area contributed by atoms with Crippen LogP contribution in [-0.2, 0) is 6.54 Å². The zero-order valence-corrected chi connectivity index (χ0v) is 14.1. The molecular weight excluding hydrogens is 331 g/mol. The van der Waals surface area contributed by atoms with Gasteiger partial charge in [-0.1, -0.05) is 34.8 Å². The van der Waals surface area contributed by atoms with Crippen LogP contribution in [0.5, 0.6) is 0 Å². The second kappa shape index (κ2) is 6.99. The van der Waals surface area contributed by atoms with Gasteiger partial charge in [0.15, 0.2) is 0 Å². The van der Waals surface area contributed by atoms with Crippen molar-refractivity contribution >= 4 is 34.8 Å². The summed E-state index contributed by atoms with van der Waals surface area (Å²) < 4.78 is 1.82. The summed E-state index contributed by atoms with van der Waals surface area (Å²) in [7, 11) is 4.00. The van der Waals surface area contributed by atoms with E-state index in [0.717, 1.165) is 17.8 Å². The molecule has 0 aliphatic heterocycles. The van der Waals surface area contributed by atoms with Gasteiger partial charge in [0.05, 0.1) is 29.5 Å². The Morgan fingerprint density at radius 3 is 2.38 bits per heavy atom. The van der Waals surface area contributed by atoms with Crippen molar-refractivity contribution in [3.63, 3.8) is 0 Å². The van der Waals surface area contributed by atoms with Crippen LogP contribution >= 0.6 is 34.8 Å². The topological polar surface area (TPSA) is 47.1 Å². The van der Waals surface area contributed by atoms with Gasteiger partial charge >= 0.3 is 0 Å². The van der Waals surface area contributed by atoms with Crippen molar-refractivity contribution < 1.29 is 0 Å². The third-order valence-corrected chi connectivity index (χ3v) is 3.86. The zero-order valence-electron chi connectivity index (χ0n) is 11.9. The Balaban J connectivity index is 2.33. The Kier molecular flexibility index (Phi) is 5.52. The van der Waals surface area contributed by atoms with Crippen molar-refractivity contribution in [2.45, 2.75) is 12.6 Å². The van der Waals surface area contributed by atoms with Crippen LogP contribution in [0.15, 0.2) is 24.4 Å². The molecule has 0 saturated heterocycles. The summed E-state index contributed by atoms with van der Waals surface area (Å²) in [5.41, 5.74) is 7.90. The van der Waals surface area contributed by atoms with Crippen LogP contribution in [0.2, 0.25) is 15.1 Å². The average molecular weight is 348 g/mol. The lowest BCUT2D eigenvalue weighted by atomic mass is 10.0. The Morgan fingerprint density at radius 1 is 1.19 bits per heavy atom. The first-order valence-electron chi connectivity index (χ1n) is 6.46. The van der Waals surface area contributed by atoms with Crippen molar-refractivity contribution in [2.24, 2.45) is 5.73 Å². The lowest BCUT2D eigenvalue weighted by molar-refractivity contribution is 0.368. The van der Waals surface area contributed by atoms with Crippen LogP contribution in [0.25, 0.3) is 0 Å². The highest BCUT2D eigenvalue weighted by Gasteiger charge is 2.19. The van der Waals surface area contributed by atoms with Gasteiger partial charge in [0.25, 0.3) is 0 Å². The average Bonchev–Trinajstić information content (AvgIpc) is 2.75. The molecule has 21 heavy (non-hydrogen) atoms. The summed E-state index contributed by atoms with van der Waals surface area (Å²) >= 11 is 18.3. The maximum Gasteiger partial charge on any atom is 0.0837 e. The minimum Gasteiger partial charge on any atom is -0.319 e. The smallest absolute Gasteiger partial charge is 0.0837 e. The van der Waals surface area contributed by atoms with Gasteiger partial charge in [0.1, 0.15) is 0 Å². The SMILES string of the molecule is CN(C)CCn1ncc(Cl)c1C(N)c1cc(Cl)cc(Cl)c1. The summed E-state index contributed by atoms with van der Waals surface area (Å²) in [5.74, 6) is 0. The van der Waals surface area contributed by atoms with E-state index in [1.165, 1.54) is 0 Å². The molecule has 0 amide bonds. The molecule has 1 aromatic carbocycles. The summed E-state index contributed by atoms with van der Waals surface area (Å²) in [6.07, 6.45) is 1.61. The van der Waals surface area contributed by atoms with Gasteiger partial charge < -0.3 is 10.6 Å². The molecule has 1 atom stereocenters. The lowest BCUT2D eigenvalue weighted by Crippen LogP contribution is -2.23. The van der Waals surface area contributed by atoms with E-state index in [0.29, 0.717) is 21.6 Å². The van der Waals surface area contributed by atoms with E-state index < -0.39 is 6.04 Å². The first-order chi connectivity index (χ1) is 9.88. The Bertz CT molecular complexity index is 604. The molecule has 2 rings (SSSR count). The highest BCUT2D eigenvalue weighted by molar-refractivity contribution is 6.34. The van der Waals surface area contributed by atoms with E-state index in [4.69, 9.17) is 40.5 Å². The van der Waals surface area contributed by atoms with Gasteiger partial charge in [-0.15, -0.1) is 0 Å². The van der Waals surface area contributed by atoms with Crippen LogP contribution in [0.4, 0.5) is 0 Å². The number of nitrogens with two attached hydrogens (primary N) is 1. The van der Waals surface area contributed by atoms with E-state index in [-0.39, 0.29) is 0 Å². The van der Waals surface area contributed by atoms with Gasteiger partial charge in [-0.05, 0) is 37.9 Å². The third-order valence-electron chi connectivity index (χ3n) is 3.13. The van der Waals surface area contributed by atoms with Gasteiger partial charge in [0.2, 0.25) is 0 Å². The number of halogens is 3. The highest BCUT2D eigenvalue weighted by Crippen LogP contribution is 2.30. The van der Waals surface area contributed by atoms with Crippen LogP contribution in [0.3, 0.4) is 0 Å². The maximum absolute atomic E-state index is 6.33. The van der Waals surface area contributed by atoms with Crippen LogP contribution in [0, 0.1) is 0 Å². The molecule has 0 bridgehead atoms. The van der Waals surface area contributed by atoms with Crippen molar-refractivity contribution in [3.05, 3.63) is 50.7 Å². The van der Waals surface area contributed by atoms with E-state index in [1.807, 2.05) is 18.8 Å². The quantitative estimate of drug-likeness (QED) is 0.901. The molecule has 0 radical (unpaired) electrons. The first kappa shape index (κ1) is 16.6. The fourth-order valence-electron chi connectivity index (χ4n) is 2.07. The summed E-state index contributed by atoms with van der Waals surface area (Å²) in [6, 6.07) is 4.82. The monoisotopic (exact) mass is 346 g/mol. The first-order valence-corrected chi connectivity index (χ1v) is 7.59. The number of hydrogen-bond donors (Lipinski definition) is 1. The molecule has 1 aromatic heterocycles. The lowest BCUT2D eigenvalue weighted by Gasteiger charge is -2.17. The second-order valence-corrected chi connectivity index (χ2v) is 6.36. The number of aromatic nitrogens is 2. The number of nitrogens with zero attached hydrogens (tertiary/aromatic N) is 3. The second-order valence-electron chi connectivity index (χ2n) is 5.08. The molecule has 0 aliphatic rings. The molecule has 4 nitrogen and oxygen atoms in total. The molecule has 1 unspecified atom stereocenters. The molecule has 2 aromatic rings. The van der Waals surface area contributed by atoms with Crippen molar-refractivity contribution in [1.82, 2.24) is 14.7 Å². The fourth-order valence-corrected chi connectivity index (χ4v) is 2.87. The Hall–Kier alpha value is -0.780. The number of benzene rings is 1. The van der Waals surface area contributed by atoms with Crippen LogP contribution in [0.1, 0.15) is 17.3 Å². The van der Waals surface area contributed by atoms with Gasteiger partial charge in [-0.25, -0.2) is 0 Å². The number of likely N-dealkylation sites (N-methyl/N-ethyl adjacent to an activating group) is 1. The van der Waals surface area contributed by atoms with Crippen LogP contribution in [-0.4, -0.2) is 35.3 Å². The molecule has 1 heterocycles. The standard InChI is InChI=1S/C14H17Cl3N4/c1-20(2)3-4-21-14(12(17)8-19-21)13(18)9-5-10(15)7-11(16)6-9/h5-8,13H,3-4,18H2,1-2H3. The summed E-state index contributed by atoms with van der Waals surface area (Å²) in [5, 5.41) is 5.92. The predicted molar refractivity (Wildman–Crippen MR) is 88.3 cm³/mol. The minimum atomic E-state index is -0.432. The van der Waals surface area contributed by atoms with E-state index in [9.17, 15) is 0 Å².